The number of aromatic nitrogens is 2. The van der Waals surface area contributed by atoms with Crippen LogP contribution < -0.4 is 0 Å². The standard InChI is InChI=1S/C46H46N6/c1-7-35-19-36(8-1)24-50-26-38-10-3-12-40(21-38)28-52-30-42-14-4-13-41(22-42)29-51(33-45-17-6-16-44(32-50)48-45)27-39-11-2-9-37(20-39)25-49(23-35)31-43-15-5-18-46(34-52)47-43/h1-22H,23-34H2. The highest BCUT2D eigenvalue weighted by Crippen LogP contribution is 2.24. The van der Waals surface area contributed by atoms with E-state index in [4.69, 9.17) is 9.97 Å². The maximum atomic E-state index is 5.31. The fourth-order valence-corrected chi connectivity index (χ4v) is 8.37. The van der Waals surface area contributed by atoms with Crippen LogP contribution in [0.1, 0.15) is 67.3 Å². The van der Waals surface area contributed by atoms with Gasteiger partial charge in [0.05, 0.1) is 22.8 Å². The number of benzene rings is 4. The molecule has 4 aromatic carbocycles. The summed E-state index contributed by atoms with van der Waals surface area (Å²) in [4.78, 5) is 20.9. The Bertz CT molecular complexity index is 1650. The van der Waals surface area contributed by atoms with Crippen molar-refractivity contribution in [2.24, 2.45) is 0 Å². The maximum Gasteiger partial charge on any atom is 0.0548 e. The van der Waals surface area contributed by atoms with Crippen molar-refractivity contribution in [2.75, 3.05) is 0 Å². The zero-order valence-corrected chi connectivity index (χ0v) is 29.9. The van der Waals surface area contributed by atoms with E-state index in [1.165, 1.54) is 44.5 Å². The van der Waals surface area contributed by atoms with Crippen molar-refractivity contribution in [3.8, 4) is 0 Å². The summed E-state index contributed by atoms with van der Waals surface area (Å²) in [6, 6.07) is 50.1. The van der Waals surface area contributed by atoms with Crippen molar-refractivity contribution in [1.82, 2.24) is 29.6 Å². The molecular weight excluding hydrogens is 637 g/mol. The summed E-state index contributed by atoms with van der Waals surface area (Å²) in [6.07, 6.45) is 0. The van der Waals surface area contributed by atoms with Gasteiger partial charge in [-0.1, -0.05) is 109 Å². The van der Waals surface area contributed by atoms with Gasteiger partial charge in [0.2, 0.25) is 0 Å². The van der Waals surface area contributed by atoms with E-state index in [0.29, 0.717) is 0 Å². The van der Waals surface area contributed by atoms with Crippen molar-refractivity contribution in [3.63, 3.8) is 0 Å². The van der Waals surface area contributed by atoms with Crippen LogP contribution in [0.15, 0.2) is 133 Å². The Morgan fingerprint density at radius 3 is 0.654 bits per heavy atom. The highest BCUT2D eigenvalue weighted by atomic mass is 15.2. The third kappa shape index (κ3) is 8.22. The lowest BCUT2D eigenvalue weighted by atomic mass is 10.0. The largest absolute Gasteiger partial charge is 0.289 e. The molecule has 0 fully saturated rings. The van der Waals surface area contributed by atoms with Crippen molar-refractivity contribution in [3.05, 3.63) is 201 Å². The fourth-order valence-electron chi connectivity index (χ4n) is 8.37. The molecule has 10 rings (SSSR count). The minimum Gasteiger partial charge on any atom is -0.289 e. The van der Waals surface area contributed by atoms with Gasteiger partial charge in [-0.25, -0.2) is 0 Å². The minimum absolute atomic E-state index is 0.783. The molecule has 6 heteroatoms. The molecule has 0 radical (unpaired) electrons. The van der Waals surface area contributed by atoms with Gasteiger partial charge in [0.15, 0.2) is 0 Å². The van der Waals surface area contributed by atoms with Crippen molar-refractivity contribution < 1.29 is 0 Å². The number of pyridine rings is 2. The predicted octanol–water partition coefficient (Wildman–Crippen LogP) is 8.23. The van der Waals surface area contributed by atoms with Crippen LogP contribution in [0, 0.1) is 0 Å². The smallest absolute Gasteiger partial charge is 0.0548 e. The van der Waals surface area contributed by atoms with Gasteiger partial charge in [0.25, 0.3) is 0 Å². The average Bonchev–Trinajstić information content (AvgIpc) is 3.11. The van der Waals surface area contributed by atoms with Gasteiger partial charge < -0.3 is 0 Å². The zero-order chi connectivity index (χ0) is 34.7. The maximum absolute atomic E-state index is 5.31. The number of hydrogen-bond donors (Lipinski definition) is 0. The lowest BCUT2D eigenvalue weighted by molar-refractivity contribution is 0.229. The van der Waals surface area contributed by atoms with E-state index in [1.54, 1.807) is 0 Å². The minimum atomic E-state index is 0.783. The summed E-state index contributed by atoms with van der Waals surface area (Å²) in [5.41, 5.74) is 15.1. The topological polar surface area (TPSA) is 38.7 Å². The Morgan fingerprint density at radius 1 is 0.250 bits per heavy atom. The molecule has 6 aromatic rings. The molecule has 0 saturated carbocycles. The summed E-state index contributed by atoms with van der Waals surface area (Å²) >= 11 is 0. The van der Waals surface area contributed by atoms with E-state index in [0.717, 1.165) is 101 Å². The van der Waals surface area contributed by atoms with Crippen molar-refractivity contribution >= 4 is 0 Å². The lowest BCUT2D eigenvalue weighted by Crippen LogP contribution is -2.27. The van der Waals surface area contributed by atoms with E-state index in [-0.39, 0.29) is 0 Å². The van der Waals surface area contributed by atoms with Gasteiger partial charge in [-0.2, -0.15) is 0 Å². The van der Waals surface area contributed by atoms with E-state index >= 15 is 0 Å². The third-order valence-electron chi connectivity index (χ3n) is 10.5. The Kier molecular flexibility index (Phi) is 9.45. The van der Waals surface area contributed by atoms with Crippen LogP contribution >= 0.6 is 0 Å². The molecule has 0 amide bonds. The molecule has 0 aliphatic carbocycles. The van der Waals surface area contributed by atoms with Crippen LogP contribution in [0.5, 0.6) is 0 Å². The molecule has 0 atom stereocenters. The van der Waals surface area contributed by atoms with E-state index in [2.05, 4.69) is 153 Å². The molecule has 4 aliphatic heterocycles. The molecule has 0 unspecified atom stereocenters. The molecule has 4 aliphatic rings. The quantitative estimate of drug-likeness (QED) is 0.161. The van der Waals surface area contributed by atoms with Gasteiger partial charge in [0.1, 0.15) is 0 Å². The van der Waals surface area contributed by atoms with Gasteiger partial charge in [0, 0.05) is 78.5 Å². The second kappa shape index (κ2) is 14.9. The van der Waals surface area contributed by atoms with Crippen LogP contribution in [-0.2, 0) is 78.5 Å². The molecule has 6 heterocycles. The highest BCUT2D eigenvalue weighted by molar-refractivity contribution is 5.29. The Hall–Kier alpha value is -4.98. The SMILES string of the molecule is c1cc2cc(c1)CN1Cc3cccc(c3)CN3Cc4cccc(c4)CN(Cc4cccc(c4)CN(C2)Cc2cccc(n2)C3)Cc2cccc(n2)C1. The Balaban J connectivity index is 1.24. The Labute approximate surface area is 308 Å². The van der Waals surface area contributed by atoms with Crippen LogP contribution in [0.2, 0.25) is 0 Å². The van der Waals surface area contributed by atoms with E-state index in [1.807, 2.05) is 0 Å². The summed E-state index contributed by atoms with van der Waals surface area (Å²) < 4.78 is 0. The first-order chi connectivity index (χ1) is 25.6. The van der Waals surface area contributed by atoms with E-state index in [9.17, 15) is 0 Å². The van der Waals surface area contributed by atoms with Crippen molar-refractivity contribution in [1.29, 1.82) is 0 Å². The Morgan fingerprint density at radius 2 is 0.442 bits per heavy atom. The molecule has 16 bridgehead atoms. The van der Waals surface area contributed by atoms with Crippen LogP contribution in [0.4, 0.5) is 0 Å². The van der Waals surface area contributed by atoms with Crippen molar-refractivity contribution in [2.45, 2.75) is 78.5 Å². The van der Waals surface area contributed by atoms with E-state index < -0.39 is 0 Å². The third-order valence-corrected chi connectivity index (χ3v) is 10.5. The first kappa shape index (κ1) is 32.9. The summed E-state index contributed by atoms with van der Waals surface area (Å²) in [6.45, 7) is 9.93. The molecule has 260 valence electrons. The molecule has 2 aromatic heterocycles. The molecule has 0 saturated heterocycles. The number of nitrogens with zero attached hydrogens (tertiary/aromatic N) is 6. The average molecular weight is 683 g/mol. The van der Waals surface area contributed by atoms with Crippen LogP contribution in [0.25, 0.3) is 0 Å². The normalized spacial score (nSPS) is 21.7. The highest BCUT2D eigenvalue weighted by Gasteiger charge is 2.19. The summed E-state index contributed by atoms with van der Waals surface area (Å²) in [5.74, 6) is 0. The number of hydrogen-bond acceptors (Lipinski definition) is 6. The van der Waals surface area contributed by atoms with Gasteiger partial charge in [-0.05, 0) is 68.8 Å². The molecule has 6 nitrogen and oxygen atoms in total. The van der Waals surface area contributed by atoms with Gasteiger partial charge >= 0.3 is 0 Å². The lowest BCUT2D eigenvalue weighted by Gasteiger charge is -2.28. The molecular formula is C46H46N6. The summed E-state index contributed by atoms with van der Waals surface area (Å²) in [7, 11) is 0. The van der Waals surface area contributed by atoms with Crippen LogP contribution in [-0.4, -0.2) is 29.6 Å². The zero-order valence-electron chi connectivity index (χ0n) is 29.9. The van der Waals surface area contributed by atoms with Gasteiger partial charge in [-0.3, -0.25) is 29.6 Å². The first-order valence-electron chi connectivity index (χ1n) is 18.7. The second-order valence-electron chi connectivity index (χ2n) is 15.1. The monoisotopic (exact) mass is 682 g/mol. The number of rotatable bonds is 0. The van der Waals surface area contributed by atoms with Crippen LogP contribution in [0.3, 0.4) is 0 Å². The first-order valence-corrected chi connectivity index (χ1v) is 18.7. The second-order valence-corrected chi connectivity index (χ2v) is 15.1. The predicted molar refractivity (Wildman–Crippen MR) is 206 cm³/mol. The molecule has 0 spiro atoms. The summed E-state index contributed by atoms with van der Waals surface area (Å²) in [5, 5.41) is 0. The molecule has 52 heavy (non-hydrogen) atoms. The fraction of sp³-hybridized carbons (Fsp3) is 0.261. The molecule has 0 N–H and O–H groups in total. The van der Waals surface area contributed by atoms with Gasteiger partial charge in [-0.15, -0.1) is 0 Å².